The third kappa shape index (κ3) is 3.72. The highest BCUT2D eigenvalue weighted by molar-refractivity contribution is 5.92. The van der Waals surface area contributed by atoms with Gasteiger partial charge in [0.1, 0.15) is 5.75 Å². The molecule has 0 unspecified atom stereocenters. The highest BCUT2D eigenvalue weighted by Gasteiger charge is 2.31. The standard InChI is InChI=1S/C14H14F3N3O.ClH/c15-14(16,17)21-10-1-2-12-11(9-10)13(3-4-19-12)20-7-5-18-6-8-20;/h1-4,9,18H,5-8H2;1H. The number of alkyl halides is 3. The molecular weight excluding hydrogens is 319 g/mol. The molecule has 8 heteroatoms. The molecule has 120 valence electrons. The number of rotatable bonds is 2. The maximum Gasteiger partial charge on any atom is 0.573 e. The number of anilines is 1. The minimum absolute atomic E-state index is 0. The number of nitrogens with one attached hydrogen (secondary N) is 1. The first-order valence-electron chi connectivity index (χ1n) is 6.63. The number of hydrogen-bond acceptors (Lipinski definition) is 4. The molecule has 1 fully saturated rings. The van der Waals surface area contributed by atoms with Crippen molar-refractivity contribution in [1.29, 1.82) is 0 Å². The summed E-state index contributed by atoms with van der Waals surface area (Å²) in [5, 5.41) is 3.91. The Bertz CT molecular complexity index is 645. The second-order valence-corrected chi connectivity index (χ2v) is 4.79. The van der Waals surface area contributed by atoms with E-state index in [0.29, 0.717) is 10.9 Å². The highest BCUT2D eigenvalue weighted by Crippen LogP contribution is 2.31. The fourth-order valence-corrected chi connectivity index (χ4v) is 2.49. The summed E-state index contributed by atoms with van der Waals surface area (Å²) in [5.74, 6) is -0.223. The number of benzene rings is 1. The molecule has 1 aromatic carbocycles. The summed E-state index contributed by atoms with van der Waals surface area (Å²) in [5.41, 5.74) is 1.54. The van der Waals surface area contributed by atoms with E-state index in [1.54, 1.807) is 12.3 Å². The molecule has 4 nitrogen and oxygen atoms in total. The van der Waals surface area contributed by atoms with Crippen LogP contribution < -0.4 is 15.0 Å². The van der Waals surface area contributed by atoms with Crippen LogP contribution in [-0.2, 0) is 0 Å². The predicted molar refractivity (Wildman–Crippen MR) is 80.8 cm³/mol. The van der Waals surface area contributed by atoms with Gasteiger partial charge in [-0.3, -0.25) is 4.98 Å². The summed E-state index contributed by atoms with van der Waals surface area (Å²) < 4.78 is 41.0. The average molecular weight is 334 g/mol. The number of halogens is 4. The largest absolute Gasteiger partial charge is 0.573 e. The van der Waals surface area contributed by atoms with Crippen LogP contribution in [0.25, 0.3) is 10.9 Å². The van der Waals surface area contributed by atoms with E-state index in [1.807, 2.05) is 6.07 Å². The molecule has 0 saturated carbocycles. The zero-order chi connectivity index (χ0) is 14.9. The molecule has 0 radical (unpaired) electrons. The maximum absolute atomic E-state index is 12.3. The van der Waals surface area contributed by atoms with Crippen molar-refractivity contribution in [1.82, 2.24) is 10.3 Å². The van der Waals surface area contributed by atoms with Crippen molar-refractivity contribution in [3.63, 3.8) is 0 Å². The van der Waals surface area contributed by atoms with Crippen molar-refractivity contribution in [2.24, 2.45) is 0 Å². The summed E-state index contributed by atoms with van der Waals surface area (Å²) in [6.07, 6.45) is -3.02. The first-order chi connectivity index (χ1) is 10.0. The van der Waals surface area contributed by atoms with E-state index in [0.717, 1.165) is 31.9 Å². The summed E-state index contributed by atoms with van der Waals surface area (Å²) >= 11 is 0. The second-order valence-electron chi connectivity index (χ2n) is 4.79. The van der Waals surface area contributed by atoms with Crippen LogP contribution in [0.2, 0.25) is 0 Å². The van der Waals surface area contributed by atoms with Crippen LogP contribution in [0.3, 0.4) is 0 Å². The summed E-state index contributed by atoms with van der Waals surface area (Å²) in [4.78, 5) is 6.33. The Labute approximate surface area is 131 Å². The van der Waals surface area contributed by atoms with E-state index in [2.05, 4.69) is 19.9 Å². The Hall–Kier alpha value is -1.73. The first kappa shape index (κ1) is 16.6. The fourth-order valence-electron chi connectivity index (χ4n) is 2.49. The van der Waals surface area contributed by atoms with E-state index in [1.165, 1.54) is 12.1 Å². The number of ether oxygens (including phenoxy) is 1. The van der Waals surface area contributed by atoms with Gasteiger partial charge in [0, 0.05) is 43.4 Å². The monoisotopic (exact) mass is 333 g/mol. The van der Waals surface area contributed by atoms with Crippen molar-refractivity contribution >= 4 is 29.0 Å². The van der Waals surface area contributed by atoms with Crippen molar-refractivity contribution in [2.75, 3.05) is 31.1 Å². The van der Waals surface area contributed by atoms with Gasteiger partial charge in [0.05, 0.1) is 5.52 Å². The van der Waals surface area contributed by atoms with Crippen LogP contribution in [-0.4, -0.2) is 37.5 Å². The third-order valence-electron chi connectivity index (χ3n) is 3.38. The van der Waals surface area contributed by atoms with Crippen molar-refractivity contribution in [3.8, 4) is 5.75 Å². The van der Waals surface area contributed by atoms with E-state index >= 15 is 0 Å². The molecule has 0 spiro atoms. The Morgan fingerprint density at radius 3 is 2.55 bits per heavy atom. The molecule has 1 aliphatic rings. The lowest BCUT2D eigenvalue weighted by molar-refractivity contribution is -0.274. The van der Waals surface area contributed by atoms with Crippen molar-refractivity contribution in [3.05, 3.63) is 30.5 Å². The summed E-state index contributed by atoms with van der Waals surface area (Å²) in [6.45, 7) is 3.32. The highest BCUT2D eigenvalue weighted by atomic mass is 35.5. The number of fused-ring (bicyclic) bond motifs is 1. The van der Waals surface area contributed by atoms with Gasteiger partial charge in [0.25, 0.3) is 0 Å². The lowest BCUT2D eigenvalue weighted by Crippen LogP contribution is -2.43. The number of pyridine rings is 1. The van der Waals surface area contributed by atoms with Gasteiger partial charge in [-0.2, -0.15) is 0 Å². The number of aromatic nitrogens is 1. The molecule has 3 rings (SSSR count). The molecule has 0 bridgehead atoms. The molecule has 1 N–H and O–H groups in total. The number of hydrogen-bond donors (Lipinski definition) is 1. The molecule has 2 heterocycles. The van der Waals surface area contributed by atoms with Crippen LogP contribution in [0.5, 0.6) is 5.75 Å². The molecule has 0 atom stereocenters. The Balaban J connectivity index is 0.00000176. The van der Waals surface area contributed by atoms with Gasteiger partial charge < -0.3 is 15.0 Å². The van der Waals surface area contributed by atoms with Crippen LogP contribution in [0.1, 0.15) is 0 Å². The molecule has 2 aromatic rings. The van der Waals surface area contributed by atoms with Gasteiger partial charge in [-0.15, -0.1) is 25.6 Å². The second kappa shape index (κ2) is 6.58. The zero-order valence-corrected chi connectivity index (χ0v) is 12.4. The van der Waals surface area contributed by atoms with E-state index in [9.17, 15) is 13.2 Å². The summed E-state index contributed by atoms with van der Waals surface area (Å²) in [7, 11) is 0. The van der Waals surface area contributed by atoms with Crippen LogP contribution in [0.15, 0.2) is 30.5 Å². The van der Waals surface area contributed by atoms with Gasteiger partial charge in [0.15, 0.2) is 0 Å². The summed E-state index contributed by atoms with van der Waals surface area (Å²) in [6, 6.07) is 6.05. The van der Waals surface area contributed by atoms with Crippen LogP contribution in [0, 0.1) is 0 Å². The Kier molecular flexibility index (Phi) is 4.97. The van der Waals surface area contributed by atoms with Crippen molar-refractivity contribution in [2.45, 2.75) is 6.36 Å². The molecule has 0 aliphatic carbocycles. The van der Waals surface area contributed by atoms with Crippen molar-refractivity contribution < 1.29 is 17.9 Å². The normalized spacial score (nSPS) is 15.5. The smallest absolute Gasteiger partial charge is 0.406 e. The minimum atomic E-state index is -4.69. The minimum Gasteiger partial charge on any atom is -0.406 e. The molecule has 1 aromatic heterocycles. The predicted octanol–water partition coefficient (Wildman–Crippen LogP) is 2.96. The third-order valence-corrected chi connectivity index (χ3v) is 3.38. The van der Waals surface area contributed by atoms with E-state index in [-0.39, 0.29) is 18.2 Å². The number of piperazine rings is 1. The quantitative estimate of drug-likeness (QED) is 0.917. The lowest BCUT2D eigenvalue weighted by atomic mass is 10.1. The van der Waals surface area contributed by atoms with E-state index in [4.69, 9.17) is 0 Å². The molecule has 0 amide bonds. The Morgan fingerprint density at radius 2 is 1.86 bits per heavy atom. The SMILES string of the molecule is Cl.FC(F)(F)Oc1ccc2nccc(N3CCNCC3)c2c1. The van der Waals surface area contributed by atoms with Crippen LogP contribution >= 0.6 is 12.4 Å². The van der Waals surface area contributed by atoms with Gasteiger partial charge in [-0.1, -0.05) is 0 Å². The van der Waals surface area contributed by atoms with Gasteiger partial charge in [-0.05, 0) is 24.3 Å². The van der Waals surface area contributed by atoms with Crippen LogP contribution in [0.4, 0.5) is 18.9 Å². The van der Waals surface area contributed by atoms with Gasteiger partial charge in [-0.25, -0.2) is 0 Å². The first-order valence-corrected chi connectivity index (χ1v) is 6.63. The van der Waals surface area contributed by atoms with E-state index < -0.39 is 6.36 Å². The average Bonchev–Trinajstić information content (AvgIpc) is 2.46. The molecular formula is C14H15ClF3N3O. The maximum atomic E-state index is 12.3. The van der Waals surface area contributed by atoms with Gasteiger partial charge >= 0.3 is 6.36 Å². The lowest BCUT2D eigenvalue weighted by Gasteiger charge is -2.30. The molecule has 1 aliphatic heterocycles. The van der Waals surface area contributed by atoms with Gasteiger partial charge in [0.2, 0.25) is 0 Å². The molecule has 22 heavy (non-hydrogen) atoms. The zero-order valence-electron chi connectivity index (χ0n) is 11.6. The molecule has 1 saturated heterocycles. The topological polar surface area (TPSA) is 37.4 Å². The fraction of sp³-hybridized carbons (Fsp3) is 0.357. The number of nitrogens with zero attached hydrogens (tertiary/aromatic N) is 2. The Morgan fingerprint density at radius 1 is 1.14 bits per heavy atom.